The SMILES string of the molecule is CCCNc1ncc(N(C(N)=O)C(C(=O)NC2C(=O)N3C(C(=O)[O-])=C(COC(C)=O)CS[C@@H]23)c2ccc(O)cc2)c(=O)[nH]1.[Na+]. The van der Waals surface area contributed by atoms with Crippen LogP contribution in [0.15, 0.2) is 46.5 Å². The molecule has 0 spiro atoms. The molecule has 0 aliphatic carbocycles. The molecule has 18 heteroatoms. The van der Waals surface area contributed by atoms with E-state index in [0.29, 0.717) is 11.4 Å². The van der Waals surface area contributed by atoms with Gasteiger partial charge in [-0.3, -0.25) is 34.0 Å². The van der Waals surface area contributed by atoms with E-state index < -0.39 is 58.5 Å². The van der Waals surface area contributed by atoms with E-state index in [2.05, 4.69) is 20.6 Å². The molecule has 1 aromatic heterocycles. The van der Waals surface area contributed by atoms with Crippen molar-refractivity contribution in [2.24, 2.45) is 5.73 Å². The number of carbonyl (C=O) groups excluding carboxylic acids is 5. The Morgan fingerprint density at radius 1 is 1.27 bits per heavy atom. The molecule has 16 nitrogen and oxygen atoms in total. The summed E-state index contributed by atoms with van der Waals surface area (Å²) in [5.41, 5.74) is 4.32. The zero-order valence-corrected chi connectivity index (χ0v) is 26.8. The zero-order valence-electron chi connectivity index (χ0n) is 24.0. The number of nitrogens with one attached hydrogen (secondary N) is 3. The quantitative estimate of drug-likeness (QED) is 0.0897. The van der Waals surface area contributed by atoms with Crippen molar-refractivity contribution in [3.8, 4) is 5.75 Å². The third-order valence-electron chi connectivity index (χ3n) is 6.52. The number of urea groups is 1. The number of β-lactam (4-membered cyclic amide) rings is 1. The first-order valence-electron chi connectivity index (χ1n) is 13.0. The van der Waals surface area contributed by atoms with E-state index in [0.717, 1.165) is 36.2 Å². The molecule has 0 saturated carbocycles. The van der Waals surface area contributed by atoms with Crippen LogP contribution in [0.4, 0.5) is 16.4 Å². The number of hydrogen-bond acceptors (Lipinski definition) is 12. The van der Waals surface area contributed by atoms with Gasteiger partial charge in [-0.05, 0) is 24.1 Å². The van der Waals surface area contributed by atoms with E-state index in [9.17, 15) is 39.0 Å². The number of H-pyrrole nitrogens is 1. The number of nitrogens with zero attached hydrogens (tertiary/aromatic N) is 3. The predicted octanol–water partition coefficient (Wildman–Crippen LogP) is -4.11. The minimum absolute atomic E-state index is 0. The summed E-state index contributed by atoms with van der Waals surface area (Å²) in [6.07, 6.45) is 1.81. The third kappa shape index (κ3) is 7.18. The maximum Gasteiger partial charge on any atom is 1.00 e. The number of amides is 4. The van der Waals surface area contributed by atoms with E-state index in [1.165, 1.54) is 24.3 Å². The summed E-state index contributed by atoms with van der Waals surface area (Å²) >= 11 is 1.12. The Kier molecular flexibility index (Phi) is 11.4. The number of esters is 1. The van der Waals surface area contributed by atoms with Gasteiger partial charge in [0.25, 0.3) is 11.5 Å². The van der Waals surface area contributed by atoms with E-state index in [1.54, 1.807) is 0 Å². The van der Waals surface area contributed by atoms with Crippen molar-refractivity contribution >= 4 is 53.2 Å². The van der Waals surface area contributed by atoms with Crippen molar-refractivity contribution in [1.82, 2.24) is 20.2 Å². The van der Waals surface area contributed by atoms with Crippen LogP contribution in [0.5, 0.6) is 5.75 Å². The summed E-state index contributed by atoms with van der Waals surface area (Å²) in [5, 5.41) is 26.3. The molecular weight excluding hydrogens is 609 g/mol. The average Bonchev–Trinajstić information content (AvgIpc) is 2.96. The number of nitrogens with two attached hydrogens (primary N) is 1. The number of aliphatic carboxylic acids is 1. The Bertz CT molecular complexity index is 1550. The second-order valence-electron chi connectivity index (χ2n) is 9.49. The molecule has 1 saturated heterocycles. The number of hydrogen-bond donors (Lipinski definition) is 5. The van der Waals surface area contributed by atoms with Crippen LogP contribution in [0, 0.1) is 0 Å². The Balaban J connectivity index is 0.00000529. The van der Waals surface area contributed by atoms with Crippen molar-refractivity contribution < 1.29 is 68.5 Å². The van der Waals surface area contributed by atoms with Crippen LogP contribution in [0.1, 0.15) is 31.9 Å². The molecule has 1 aromatic carbocycles. The number of rotatable bonds is 11. The minimum atomic E-state index is -1.66. The van der Waals surface area contributed by atoms with Gasteiger partial charge in [-0.15, -0.1) is 11.8 Å². The number of phenolic OH excluding ortho intramolecular Hbond substituents is 1. The predicted molar refractivity (Wildman–Crippen MR) is 150 cm³/mol. The van der Waals surface area contributed by atoms with E-state index in [1.807, 2.05) is 6.92 Å². The second kappa shape index (κ2) is 14.6. The van der Waals surface area contributed by atoms with Crippen LogP contribution in [0.3, 0.4) is 0 Å². The molecule has 2 aliphatic heterocycles. The van der Waals surface area contributed by atoms with Crippen LogP contribution in [-0.2, 0) is 23.9 Å². The largest absolute Gasteiger partial charge is 1.00 e. The number of carbonyl (C=O) groups is 5. The summed E-state index contributed by atoms with van der Waals surface area (Å²) in [5.74, 6) is -3.97. The first-order chi connectivity index (χ1) is 20.4. The molecule has 2 aliphatic rings. The zero-order chi connectivity index (χ0) is 31.4. The number of thioether (sulfide) groups is 1. The third-order valence-corrected chi connectivity index (χ3v) is 7.86. The number of aromatic amines is 1. The maximum atomic E-state index is 13.8. The van der Waals surface area contributed by atoms with Gasteiger partial charge in [0, 0.05) is 24.8 Å². The number of benzene rings is 1. The molecular formula is C26H28N7NaO9S. The molecule has 3 heterocycles. The average molecular weight is 638 g/mol. The van der Waals surface area contributed by atoms with Crippen LogP contribution < -0.4 is 61.5 Å². The van der Waals surface area contributed by atoms with E-state index in [4.69, 9.17) is 10.5 Å². The Labute approximate surface area is 276 Å². The molecule has 4 rings (SSSR count). The number of aromatic nitrogens is 2. The molecule has 6 N–H and O–H groups in total. The van der Waals surface area contributed by atoms with Crippen LogP contribution in [-0.4, -0.2) is 80.1 Å². The van der Waals surface area contributed by atoms with Crippen LogP contribution in [0.25, 0.3) is 0 Å². The van der Waals surface area contributed by atoms with Crippen molar-refractivity contribution in [2.75, 3.05) is 29.1 Å². The summed E-state index contributed by atoms with van der Waals surface area (Å²) < 4.78 is 4.90. The molecule has 2 aromatic rings. The number of anilines is 2. The van der Waals surface area contributed by atoms with Gasteiger partial charge in [0.2, 0.25) is 11.9 Å². The van der Waals surface area contributed by atoms with Crippen LogP contribution in [0.2, 0.25) is 0 Å². The van der Waals surface area contributed by atoms with Gasteiger partial charge >= 0.3 is 41.6 Å². The molecule has 3 atom stereocenters. The van der Waals surface area contributed by atoms with E-state index in [-0.39, 0.29) is 70.4 Å². The molecule has 2 unspecified atom stereocenters. The molecule has 1 fully saturated rings. The Morgan fingerprint density at radius 2 is 1.95 bits per heavy atom. The van der Waals surface area contributed by atoms with Gasteiger partial charge in [0.05, 0.1) is 17.9 Å². The fourth-order valence-corrected chi connectivity index (χ4v) is 5.88. The van der Waals surface area contributed by atoms with Gasteiger partial charge in [0.1, 0.15) is 35.5 Å². The number of carboxylic acid groups (broad SMARTS) is 1. The van der Waals surface area contributed by atoms with Gasteiger partial charge in [-0.25, -0.2) is 9.78 Å². The Morgan fingerprint density at radius 3 is 2.52 bits per heavy atom. The number of aromatic hydroxyl groups is 1. The van der Waals surface area contributed by atoms with Crippen molar-refractivity contribution in [2.45, 2.75) is 37.7 Å². The van der Waals surface area contributed by atoms with Crippen molar-refractivity contribution in [3.05, 3.63) is 57.6 Å². The first-order valence-corrected chi connectivity index (χ1v) is 14.0. The summed E-state index contributed by atoms with van der Waals surface area (Å²) in [6, 6.07) is 1.14. The van der Waals surface area contributed by atoms with Gasteiger partial charge in [-0.1, -0.05) is 19.1 Å². The molecule has 0 radical (unpaired) electrons. The Hall–Kier alpha value is -4.06. The second-order valence-corrected chi connectivity index (χ2v) is 10.6. The van der Waals surface area contributed by atoms with Crippen LogP contribution >= 0.6 is 11.8 Å². The molecule has 228 valence electrons. The number of carboxylic acids is 1. The summed E-state index contributed by atoms with van der Waals surface area (Å²) in [7, 11) is 0. The smallest absolute Gasteiger partial charge is 0.543 e. The monoisotopic (exact) mass is 637 g/mol. The number of phenols is 1. The maximum absolute atomic E-state index is 13.8. The standard InChI is InChI=1S/C26H29N7O9S.Na/c1-3-8-28-26-29-9-16(20(36)31-26)32(25(27)41)18(13-4-6-15(35)7-5-13)21(37)30-17-22(38)33-19(24(39)40)14(10-42-12(2)34)11-43-23(17)33;/h4-7,9,17-18,23,35H,3,8,10-11H2,1-2H3,(H2,27,41)(H,30,37)(H,39,40)(H2,28,29,31,36);/q;+1/p-1/t17?,18?,23-;/m0./s1. The van der Waals surface area contributed by atoms with Gasteiger partial charge in [0.15, 0.2) is 0 Å². The first kappa shape index (κ1) is 34.4. The topological polar surface area (TPSA) is 240 Å². The summed E-state index contributed by atoms with van der Waals surface area (Å²) in [4.78, 5) is 84.0. The summed E-state index contributed by atoms with van der Waals surface area (Å²) in [6.45, 7) is 3.21. The minimum Gasteiger partial charge on any atom is -0.543 e. The van der Waals surface area contributed by atoms with Crippen molar-refractivity contribution in [1.29, 1.82) is 0 Å². The number of ether oxygens (including phenoxy) is 1. The molecule has 4 amide bonds. The molecule has 0 bridgehead atoms. The van der Waals surface area contributed by atoms with Gasteiger partial charge in [-0.2, -0.15) is 0 Å². The number of primary amides is 1. The fraction of sp³-hybridized carbons (Fsp3) is 0.346. The van der Waals surface area contributed by atoms with Gasteiger partial charge < -0.3 is 36.1 Å². The van der Waals surface area contributed by atoms with E-state index >= 15 is 0 Å². The fourth-order valence-electron chi connectivity index (χ4n) is 4.56. The molecule has 44 heavy (non-hydrogen) atoms. The van der Waals surface area contributed by atoms with Crippen molar-refractivity contribution in [3.63, 3.8) is 0 Å². The normalized spacial score (nSPS) is 17.8. The number of fused-ring (bicyclic) bond motifs is 1.